The number of amides is 1. The lowest BCUT2D eigenvalue weighted by Crippen LogP contribution is -2.42. The number of rotatable bonds is 6. The summed E-state index contributed by atoms with van der Waals surface area (Å²) in [5.74, 6) is -1.46. The van der Waals surface area contributed by atoms with Gasteiger partial charge in [0.15, 0.2) is 17.7 Å². The lowest BCUT2D eigenvalue weighted by molar-refractivity contribution is -0.139. The van der Waals surface area contributed by atoms with Crippen molar-refractivity contribution in [3.05, 3.63) is 30.1 Å². The van der Waals surface area contributed by atoms with Crippen molar-refractivity contribution in [1.29, 1.82) is 0 Å². The van der Waals surface area contributed by atoms with E-state index < -0.39 is 17.9 Å². The van der Waals surface area contributed by atoms with Crippen LogP contribution in [0.2, 0.25) is 0 Å². The molecule has 2 rings (SSSR count). The molecule has 25 heavy (non-hydrogen) atoms. The number of carbonyl (C=O) groups excluding carboxylic acids is 1. The van der Waals surface area contributed by atoms with Crippen LogP contribution in [-0.4, -0.2) is 65.6 Å². The van der Waals surface area contributed by atoms with Gasteiger partial charge in [-0.2, -0.15) is 0 Å². The van der Waals surface area contributed by atoms with Gasteiger partial charge in [-0.25, -0.2) is 4.39 Å². The predicted octanol–water partition coefficient (Wildman–Crippen LogP) is 1.99. The van der Waals surface area contributed by atoms with Crippen LogP contribution >= 0.6 is 0 Å². The van der Waals surface area contributed by atoms with Crippen LogP contribution in [0.5, 0.6) is 5.75 Å². The number of likely N-dealkylation sites (N-methyl/N-ethyl adjacent to an activating group) is 1. The van der Waals surface area contributed by atoms with Gasteiger partial charge in [-0.15, -0.1) is 0 Å². The van der Waals surface area contributed by atoms with Crippen LogP contribution in [0.1, 0.15) is 26.2 Å². The molecule has 1 aliphatic rings. The van der Waals surface area contributed by atoms with Crippen molar-refractivity contribution >= 4 is 11.9 Å². The lowest BCUT2D eigenvalue weighted by Gasteiger charge is -2.26. The average Bonchev–Trinajstić information content (AvgIpc) is 2.81. The number of nitrogens with zero attached hydrogens (tertiary/aromatic N) is 2. The van der Waals surface area contributed by atoms with E-state index in [4.69, 9.17) is 9.84 Å². The number of benzene rings is 1. The highest BCUT2D eigenvalue weighted by Crippen LogP contribution is 2.20. The van der Waals surface area contributed by atoms with Crippen molar-refractivity contribution < 1.29 is 23.8 Å². The minimum atomic E-state index is -0.855. The number of para-hydroxylation sites is 1. The van der Waals surface area contributed by atoms with E-state index in [0.29, 0.717) is 19.5 Å². The van der Waals surface area contributed by atoms with E-state index in [0.717, 1.165) is 12.8 Å². The van der Waals surface area contributed by atoms with Crippen molar-refractivity contribution in [2.75, 3.05) is 26.7 Å². The molecule has 1 fully saturated rings. The molecule has 1 aromatic carbocycles. The number of ether oxygens (including phenoxy) is 1. The van der Waals surface area contributed by atoms with Gasteiger partial charge >= 0.3 is 5.97 Å². The van der Waals surface area contributed by atoms with Gasteiger partial charge in [0.25, 0.3) is 5.91 Å². The molecule has 1 amide bonds. The van der Waals surface area contributed by atoms with Crippen LogP contribution in [0.3, 0.4) is 0 Å². The highest BCUT2D eigenvalue weighted by atomic mass is 19.1. The van der Waals surface area contributed by atoms with Crippen LogP contribution in [0.4, 0.5) is 4.39 Å². The first-order valence-electron chi connectivity index (χ1n) is 8.50. The molecule has 6 nitrogen and oxygen atoms in total. The van der Waals surface area contributed by atoms with E-state index in [1.54, 1.807) is 31.0 Å². The molecule has 0 spiro atoms. The monoisotopic (exact) mass is 352 g/mol. The molecular formula is C18H25FN2O4. The van der Waals surface area contributed by atoms with Crippen molar-refractivity contribution in [1.82, 2.24) is 9.80 Å². The maximum atomic E-state index is 13.7. The largest absolute Gasteiger partial charge is 0.480 e. The number of carbonyl (C=O) groups is 2. The molecule has 2 unspecified atom stereocenters. The zero-order valence-corrected chi connectivity index (χ0v) is 14.7. The molecular weight excluding hydrogens is 327 g/mol. The van der Waals surface area contributed by atoms with Gasteiger partial charge in [-0.05, 0) is 45.4 Å². The molecule has 7 heteroatoms. The van der Waals surface area contributed by atoms with Crippen molar-refractivity contribution in [3.8, 4) is 5.75 Å². The predicted molar refractivity (Wildman–Crippen MR) is 91.0 cm³/mol. The van der Waals surface area contributed by atoms with Gasteiger partial charge in [0.05, 0.1) is 6.54 Å². The summed E-state index contributed by atoms with van der Waals surface area (Å²) >= 11 is 0. The third-order valence-corrected chi connectivity index (χ3v) is 4.51. The number of carboxylic acids is 1. The van der Waals surface area contributed by atoms with Gasteiger partial charge in [0, 0.05) is 19.1 Å². The summed E-state index contributed by atoms with van der Waals surface area (Å²) in [7, 11) is 1.79. The van der Waals surface area contributed by atoms with Crippen molar-refractivity contribution in [2.45, 2.75) is 38.3 Å². The molecule has 1 saturated heterocycles. The summed E-state index contributed by atoms with van der Waals surface area (Å²) < 4.78 is 19.1. The second kappa shape index (κ2) is 8.80. The molecule has 0 radical (unpaired) electrons. The van der Waals surface area contributed by atoms with Gasteiger partial charge in [-0.3, -0.25) is 14.5 Å². The maximum absolute atomic E-state index is 13.7. The third-order valence-electron chi connectivity index (χ3n) is 4.51. The third kappa shape index (κ3) is 5.42. The SMILES string of the molecule is CC(Oc1ccccc1F)C(=O)N1CCCC(N(C)CC(=O)O)CC1. The van der Waals surface area contributed by atoms with Crippen LogP contribution in [0.25, 0.3) is 0 Å². The number of carboxylic acid groups (broad SMARTS) is 1. The smallest absolute Gasteiger partial charge is 0.317 e. The highest BCUT2D eigenvalue weighted by Gasteiger charge is 2.27. The normalized spacial score (nSPS) is 19.4. The lowest BCUT2D eigenvalue weighted by atomic mass is 10.1. The number of aliphatic carboxylic acids is 1. The Balaban J connectivity index is 1.91. The number of hydrogen-bond acceptors (Lipinski definition) is 4. The van der Waals surface area contributed by atoms with Crippen LogP contribution in [0.15, 0.2) is 24.3 Å². The minimum Gasteiger partial charge on any atom is -0.480 e. The second-order valence-electron chi connectivity index (χ2n) is 6.41. The molecule has 0 saturated carbocycles. The molecule has 1 aromatic rings. The fraction of sp³-hybridized carbons (Fsp3) is 0.556. The topological polar surface area (TPSA) is 70.1 Å². The maximum Gasteiger partial charge on any atom is 0.317 e. The van der Waals surface area contributed by atoms with E-state index in [1.165, 1.54) is 12.1 Å². The minimum absolute atomic E-state index is 0.00852. The highest BCUT2D eigenvalue weighted by molar-refractivity contribution is 5.81. The Hall–Kier alpha value is -2.15. The van der Waals surface area contributed by atoms with Crippen LogP contribution in [0, 0.1) is 5.82 Å². The Kier molecular flexibility index (Phi) is 6.75. The van der Waals surface area contributed by atoms with Gasteiger partial charge < -0.3 is 14.7 Å². The van der Waals surface area contributed by atoms with E-state index in [9.17, 15) is 14.0 Å². The van der Waals surface area contributed by atoms with E-state index in [2.05, 4.69) is 0 Å². The summed E-state index contributed by atoms with van der Waals surface area (Å²) in [4.78, 5) is 27.0. The molecule has 0 aliphatic carbocycles. The Morgan fingerprint density at radius 2 is 2.08 bits per heavy atom. The van der Waals surface area contributed by atoms with E-state index >= 15 is 0 Å². The van der Waals surface area contributed by atoms with E-state index in [-0.39, 0.29) is 24.2 Å². The summed E-state index contributed by atoms with van der Waals surface area (Å²) in [6.45, 7) is 2.75. The second-order valence-corrected chi connectivity index (χ2v) is 6.41. The van der Waals surface area contributed by atoms with Crippen LogP contribution in [-0.2, 0) is 9.59 Å². The first kappa shape index (κ1) is 19.2. The fourth-order valence-corrected chi connectivity index (χ4v) is 3.12. The summed E-state index contributed by atoms with van der Waals surface area (Å²) in [6.07, 6.45) is 1.58. The quantitative estimate of drug-likeness (QED) is 0.848. The first-order valence-corrected chi connectivity index (χ1v) is 8.50. The van der Waals surface area contributed by atoms with Crippen LogP contribution < -0.4 is 4.74 Å². The Labute approximate surface area is 147 Å². The fourth-order valence-electron chi connectivity index (χ4n) is 3.12. The van der Waals surface area contributed by atoms with Gasteiger partial charge in [0.1, 0.15) is 0 Å². The average molecular weight is 352 g/mol. The van der Waals surface area contributed by atoms with Crippen molar-refractivity contribution in [2.24, 2.45) is 0 Å². The number of likely N-dealkylation sites (tertiary alicyclic amines) is 1. The standard InChI is InChI=1S/C18H25FN2O4/c1-13(25-16-8-4-3-7-15(16)19)18(24)21-10-5-6-14(9-11-21)20(2)12-17(22)23/h3-4,7-8,13-14H,5-6,9-12H2,1-2H3,(H,22,23). The zero-order valence-electron chi connectivity index (χ0n) is 14.7. The first-order chi connectivity index (χ1) is 11.9. The number of hydrogen-bond donors (Lipinski definition) is 1. The van der Waals surface area contributed by atoms with Gasteiger partial charge in [-0.1, -0.05) is 12.1 Å². The molecule has 1 N–H and O–H groups in total. The van der Waals surface area contributed by atoms with E-state index in [1.807, 2.05) is 4.90 Å². The Bertz CT molecular complexity index is 610. The summed E-state index contributed by atoms with van der Waals surface area (Å²) in [5.41, 5.74) is 0. The number of halogens is 1. The molecule has 2 atom stereocenters. The van der Waals surface area contributed by atoms with Gasteiger partial charge in [0.2, 0.25) is 0 Å². The molecule has 0 aromatic heterocycles. The summed E-state index contributed by atoms with van der Waals surface area (Å²) in [5, 5.41) is 8.91. The molecule has 1 heterocycles. The summed E-state index contributed by atoms with van der Waals surface area (Å²) in [6, 6.07) is 6.15. The molecule has 138 valence electrons. The Morgan fingerprint density at radius 1 is 1.36 bits per heavy atom. The Morgan fingerprint density at radius 3 is 2.76 bits per heavy atom. The molecule has 0 bridgehead atoms. The van der Waals surface area contributed by atoms with Crippen molar-refractivity contribution in [3.63, 3.8) is 0 Å². The molecule has 1 aliphatic heterocycles. The zero-order chi connectivity index (χ0) is 18.4.